The van der Waals surface area contributed by atoms with Crippen molar-refractivity contribution in [3.8, 4) is 5.75 Å². The van der Waals surface area contributed by atoms with Crippen LogP contribution in [0.15, 0.2) is 30.5 Å². The molecule has 2 aromatic rings. The predicted octanol–water partition coefficient (Wildman–Crippen LogP) is 3.70. The fourth-order valence-corrected chi connectivity index (χ4v) is 2.79. The maximum absolute atomic E-state index is 5.19. The van der Waals surface area contributed by atoms with E-state index in [0.717, 1.165) is 23.7 Å². The van der Waals surface area contributed by atoms with Gasteiger partial charge >= 0.3 is 0 Å². The third kappa shape index (κ3) is 3.78. The lowest BCUT2D eigenvalue weighted by molar-refractivity contribution is 0.414. The molecule has 1 aromatic heterocycles. The van der Waals surface area contributed by atoms with Crippen molar-refractivity contribution in [3.63, 3.8) is 0 Å². The molecule has 0 spiro atoms. The Hall–Kier alpha value is -1.39. The number of nitrogens with zero attached hydrogens (tertiary/aromatic N) is 1. The van der Waals surface area contributed by atoms with Crippen LogP contribution in [0.1, 0.15) is 34.8 Å². The average molecular weight is 276 g/mol. The number of aryl methyl sites for hydroxylation is 1. The van der Waals surface area contributed by atoms with Crippen molar-refractivity contribution in [1.29, 1.82) is 0 Å². The normalized spacial score (nSPS) is 12.4. The van der Waals surface area contributed by atoms with E-state index in [0.29, 0.717) is 6.04 Å². The van der Waals surface area contributed by atoms with Crippen molar-refractivity contribution in [3.05, 3.63) is 45.9 Å². The first-order valence-electron chi connectivity index (χ1n) is 6.51. The molecule has 102 valence electrons. The van der Waals surface area contributed by atoms with E-state index < -0.39 is 0 Å². The fraction of sp³-hybridized carbons (Fsp3) is 0.400. The van der Waals surface area contributed by atoms with Crippen molar-refractivity contribution < 1.29 is 4.74 Å². The molecule has 1 heterocycles. The highest BCUT2D eigenvalue weighted by Gasteiger charge is 2.09. The van der Waals surface area contributed by atoms with Crippen LogP contribution in [0.2, 0.25) is 0 Å². The third-order valence-electron chi connectivity index (χ3n) is 3.12. The Labute approximate surface area is 118 Å². The van der Waals surface area contributed by atoms with E-state index in [2.05, 4.69) is 29.4 Å². The Morgan fingerprint density at radius 1 is 1.32 bits per heavy atom. The molecule has 0 amide bonds. The minimum atomic E-state index is 0.369. The number of benzene rings is 1. The molecule has 2 rings (SSSR count). The summed E-state index contributed by atoms with van der Waals surface area (Å²) in [6.07, 6.45) is 3.01. The van der Waals surface area contributed by atoms with E-state index in [-0.39, 0.29) is 0 Å². The molecule has 0 saturated heterocycles. The van der Waals surface area contributed by atoms with E-state index in [1.165, 1.54) is 10.4 Å². The Morgan fingerprint density at radius 3 is 2.58 bits per heavy atom. The summed E-state index contributed by atoms with van der Waals surface area (Å²) in [4.78, 5) is 5.56. The number of rotatable bonds is 6. The number of methoxy groups -OCH3 is 1. The molecule has 19 heavy (non-hydrogen) atoms. The summed E-state index contributed by atoms with van der Waals surface area (Å²) in [5.41, 5.74) is 1.30. The molecule has 0 saturated carbocycles. The Kier molecular flexibility index (Phi) is 4.93. The lowest BCUT2D eigenvalue weighted by Gasteiger charge is -2.17. The average Bonchev–Trinajstić information content (AvgIpc) is 2.86. The van der Waals surface area contributed by atoms with Crippen LogP contribution in [0.3, 0.4) is 0 Å². The van der Waals surface area contributed by atoms with Crippen LogP contribution in [0, 0.1) is 6.92 Å². The molecule has 3 nitrogen and oxygen atoms in total. The Morgan fingerprint density at radius 2 is 2.05 bits per heavy atom. The maximum atomic E-state index is 5.19. The molecule has 1 unspecified atom stereocenters. The van der Waals surface area contributed by atoms with Crippen molar-refractivity contribution in [1.82, 2.24) is 10.3 Å². The highest BCUT2D eigenvalue weighted by molar-refractivity contribution is 7.11. The summed E-state index contributed by atoms with van der Waals surface area (Å²) in [6.45, 7) is 5.10. The zero-order chi connectivity index (χ0) is 13.7. The second-order valence-electron chi connectivity index (χ2n) is 4.46. The number of thiazole rings is 1. The van der Waals surface area contributed by atoms with Gasteiger partial charge in [-0.3, -0.25) is 0 Å². The highest BCUT2D eigenvalue weighted by Crippen LogP contribution is 2.21. The van der Waals surface area contributed by atoms with Crippen LogP contribution in [0.5, 0.6) is 5.75 Å². The number of hydrogen-bond donors (Lipinski definition) is 1. The second-order valence-corrected chi connectivity index (χ2v) is 5.78. The van der Waals surface area contributed by atoms with Gasteiger partial charge in [0, 0.05) is 23.7 Å². The van der Waals surface area contributed by atoms with Gasteiger partial charge in [-0.1, -0.05) is 19.1 Å². The van der Waals surface area contributed by atoms with Gasteiger partial charge < -0.3 is 10.1 Å². The first-order valence-corrected chi connectivity index (χ1v) is 7.33. The summed E-state index contributed by atoms with van der Waals surface area (Å²) in [6, 6.07) is 8.64. The second kappa shape index (κ2) is 6.68. The van der Waals surface area contributed by atoms with Crippen LogP contribution in [-0.2, 0) is 6.54 Å². The van der Waals surface area contributed by atoms with Gasteiger partial charge in [0.25, 0.3) is 0 Å². The molecule has 0 bridgehead atoms. The molecule has 1 atom stereocenters. The fourth-order valence-electron chi connectivity index (χ4n) is 2.04. The van der Waals surface area contributed by atoms with Gasteiger partial charge in [0.15, 0.2) is 0 Å². The summed E-state index contributed by atoms with van der Waals surface area (Å²) >= 11 is 1.75. The van der Waals surface area contributed by atoms with Gasteiger partial charge in [-0.05, 0) is 31.0 Å². The molecule has 0 aliphatic carbocycles. The van der Waals surface area contributed by atoms with E-state index in [9.17, 15) is 0 Å². The van der Waals surface area contributed by atoms with E-state index in [1.54, 1.807) is 18.4 Å². The number of aromatic nitrogens is 1. The van der Waals surface area contributed by atoms with Crippen molar-refractivity contribution in [2.45, 2.75) is 32.9 Å². The lowest BCUT2D eigenvalue weighted by Crippen LogP contribution is -2.19. The number of ether oxygens (including phenoxy) is 1. The SMILES string of the molecule is CCC(NCc1cnc(C)s1)c1ccc(OC)cc1. The van der Waals surface area contributed by atoms with Gasteiger partial charge in [-0.2, -0.15) is 0 Å². The van der Waals surface area contributed by atoms with E-state index in [4.69, 9.17) is 4.74 Å². The van der Waals surface area contributed by atoms with E-state index >= 15 is 0 Å². The van der Waals surface area contributed by atoms with Crippen LogP contribution in [-0.4, -0.2) is 12.1 Å². The highest BCUT2D eigenvalue weighted by atomic mass is 32.1. The smallest absolute Gasteiger partial charge is 0.118 e. The molecule has 0 aliphatic heterocycles. The van der Waals surface area contributed by atoms with Crippen molar-refractivity contribution in [2.75, 3.05) is 7.11 Å². The van der Waals surface area contributed by atoms with Crippen LogP contribution < -0.4 is 10.1 Å². The minimum absolute atomic E-state index is 0.369. The summed E-state index contributed by atoms with van der Waals surface area (Å²) in [7, 11) is 1.69. The molecule has 1 N–H and O–H groups in total. The predicted molar refractivity (Wildman–Crippen MR) is 79.7 cm³/mol. The molecular weight excluding hydrogens is 256 g/mol. The van der Waals surface area contributed by atoms with Gasteiger partial charge in [-0.15, -0.1) is 11.3 Å². The van der Waals surface area contributed by atoms with Gasteiger partial charge in [-0.25, -0.2) is 4.98 Å². The Bertz CT molecular complexity index is 507. The third-order valence-corrected chi connectivity index (χ3v) is 4.03. The van der Waals surface area contributed by atoms with E-state index in [1.807, 2.05) is 25.3 Å². The van der Waals surface area contributed by atoms with Crippen LogP contribution in [0.25, 0.3) is 0 Å². The van der Waals surface area contributed by atoms with Crippen molar-refractivity contribution >= 4 is 11.3 Å². The van der Waals surface area contributed by atoms with Crippen molar-refractivity contribution in [2.24, 2.45) is 0 Å². The Balaban J connectivity index is 1.98. The largest absolute Gasteiger partial charge is 0.497 e. The molecule has 4 heteroatoms. The molecule has 0 fully saturated rings. The monoisotopic (exact) mass is 276 g/mol. The standard InChI is InChI=1S/C15H20N2OS/c1-4-15(12-5-7-13(18-3)8-6-12)17-10-14-9-16-11(2)19-14/h5-9,15,17H,4,10H2,1-3H3. The number of hydrogen-bond acceptors (Lipinski definition) is 4. The molecular formula is C15H20N2OS. The molecule has 0 aliphatic rings. The summed E-state index contributed by atoms with van der Waals surface area (Å²) in [5.74, 6) is 0.900. The first-order chi connectivity index (χ1) is 9.22. The minimum Gasteiger partial charge on any atom is -0.497 e. The van der Waals surface area contributed by atoms with Gasteiger partial charge in [0.1, 0.15) is 5.75 Å². The topological polar surface area (TPSA) is 34.2 Å². The summed E-state index contributed by atoms with van der Waals surface area (Å²) < 4.78 is 5.19. The van der Waals surface area contributed by atoms with Gasteiger partial charge in [0.05, 0.1) is 12.1 Å². The zero-order valence-corrected chi connectivity index (χ0v) is 12.5. The maximum Gasteiger partial charge on any atom is 0.118 e. The summed E-state index contributed by atoms with van der Waals surface area (Å²) in [5, 5.41) is 4.70. The lowest BCUT2D eigenvalue weighted by atomic mass is 10.0. The zero-order valence-electron chi connectivity index (χ0n) is 11.6. The molecule has 1 aromatic carbocycles. The van der Waals surface area contributed by atoms with Crippen LogP contribution in [0.4, 0.5) is 0 Å². The first kappa shape index (κ1) is 14.0. The molecule has 0 radical (unpaired) electrons. The van der Waals surface area contributed by atoms with Crippen LogP contribution >= 0.6 is 11.3 Å². The van der Waals surface area contributed by atoms with Gasteiger partial charge in [0.2, 0.25) is 0 Å². The number of nitrogens with one attached hydrogen (secondary N) is 1. The quantitative estimate of drug-likeness (QED) is 0.873.